The lowest BCUT2D eigenvalue weighted by atomic mass is 9.90. The second-order valence-corrected chi connectivity index (χ2v) is 7.33. The van der Waals surface area contributed by atoms with E-state index in [0.29, 0.717) is 0 Å². The summed E-state index contributed by atoms with van der Waals surface area (Å²) in [7, 11) is 3.52. The number of nitrogens with one attached hydrogen (secondary N) is 2. The van der Waals surface area contributed by atoms with E-state index in [4.69, 9.17) is 4.74 Å². The van der Waals surface area contributed by atoms with Crippen LogP contribution in [0.1, 0.15) is 53.4 Å². The largest absolute Gasteiger partial charge is 0.444 e. The molecule has 3 unspecified atom stereocenters. The molecule has 0 radical (unpaired) electrons. The van der Waals surface area contributed by atoms with E-state index in [0.717, 1.165) is 25.7 Å². The van der Waals surface area contributed by atoms with Crippen LogP contribution in [0.15, 0.2) is 0 Å². The van der Waals surface area contributed by atoms with Gasteiger partial charge in [-0.2, -0.15) is 0 Å². The highest BCUT2D eigenvalue weighted by atomic mass is 16.6. The third-order valence-electron chi connectivity index (χ3n) is 3.69. The molecular formula is C16H31N3O3. The van der Waals surface area contributed by atoms with E-state index in [1.165, 1.54) is 0 Å². The molecule has 6 heteroatoms. The Hall–Kier alpha value is -1.30. The van der Waals surface area contributed by atoms with Crippen LogP contribution in [0.25, 0.3) is 0 Å². The maximum absolute atomic E-state index is 11.9. The van der Waals surface area contributed by atoms with Crippen molar-refractivity contribution in [1.29, 1.82) is 0 Å². The number of ether oxygens (including phenoxy) is 1. The molecule has 1 rings (SSSR count). The first kappa shape index (κ1) is 18.7. The normalized spacial score (nSPS) is 23.5. The standard InChI is InChI=1S/C16H31N3O3/c1-11(14(20)19(5)6)17-12-8-7-9-13(10-12)18-15(21)22-16(2,3)4/h11-13,17H,7-10H2,1-6H3,(H,18,21). The fourth-order valence-corrected chi connectivity index (χ4v) is 2.76. The molecule has 0 aliphatic heterocycles. The summed E-state index contributed by atoms with van der Waals surface area (Å²) in [5, 5.41) is 6.30. The van der Waals surface area contributed by atoms with Crippen molar-refractivity contribution in [3.63, 3.8) is 0 Å². The van der Waals surface area contributed by atoms with Crippen LogP contribution in [0.2, 0.25) is 0 Å². The Morgan fingerprint density at radius 3 is 2.32 bits per heavy atom. The van der Waals surface area contributed by atoms with E-state index in [1.807, 2.05) is 27.7 Å². The minimum atomic E-state index is -0.483. The number of amides is 2. The van der Waals surface area contributed by atoms with Gasteiger partial charge in [0.1, 0.15) is 5.60 Å². The van der Waals surface area contributed by atoms with Gasteiger partial charge in [-0.25, -0.2) is 4.79 Å². The Balaban J connectivity index is 2.44. The SMILES string of the molecule is CC(NC1CCCC(NC(=O)OC(C)(C)C)C1)C(=O)N(C)C. The first-order valence-electron chi connectivity index (χ1n) is 8.05. The fourth-order valence-electron chi connectivity index (χ4n) is 2.76. The summed E-state index contributed by atoms with van der Waals surface area (Å²) in [5.74, 6) is 0.0715. The van der Waals surface area contributed by atoms with E-state index in [-0.39, 0.29) is 30.1 Å². The average molecular weight is 313 g/mol. The zero-order chi connectivity index (χ0) is 16.9. The van der Waals surface area contributed by atoms with Crippen LogP contribution in [0.4, 0.5) is 4.79 Å². The Bertz CT molecular complexity index is 391. The van der Waals surface area contributed by atoms with Gasteiger partial charge in [0.05, 0.1) is 6.04 Å². The fraction of sp³-hybridized carbons (Fsp3) is 0.875. The van der Waals surface area contributed by atoms with Crippen molar-refractivity contribution < 1.29 is 14.3 Å². The smallest absolute Gasteiger partial charge is 0.407 e. The molecule has 0 saturated heterocycles. The zero-order valence-corrected chi connectivity index (χ0v) is 14.7. The van der Waals surface area contributed by atoms with Gasteiger partial charge >= 0.3 is 6.09 Å². The van der Waals surface area contributed by atoms with Gasteiger partial charge in [-0.1, -0.05) is 0 Å². The summed E-state index contributed by atoms with van der Waals surface area (Å²) in [5.41, 5.74) is -0.483. The third-order valence-corrected chi connectivity index (χ3v) is 3.69. The van der Waals surface area contributed by atoms with Gasteiger partial charge in [0.15, 0.2) is 0 Å². The quantitative estimate of drug-likeness (QED) is 0.831. The third kappa shape index (κ3) is 6.64. The predicted octanol–water partition coefficient (Wildman–Crippen LogP) is 1.89. The molecule has 3 atom stereocenters. The first-order chi connectivity index (χ1) is 10.1. The number of hydrogen-bond donors (Lipinski definition) is 2. The van der Waals surface area contributed by atoms with Crippen molar-refractivity contribution >= 4 is 12.0 Å². The summed E-state index contributed by atoms with van der Waals surface area (Å²) in [6, 6.07) is 0.135. The van der Waals surface area contributed by atoms with Gasteiger partial charge in [0.25, 0.3) is 0 Å². The van der Waals surface area contributed by atoms with Gasteiger partial charge in [-0.15, -0.1) is 0 Å². The van der Waals surface area contributed by atoms with Crippen LogP contribution in [-0.2, 0) is 9.53 Å². The second-order valence-electron chi connectivity index (χ2n) is 7.33. The molecular weight excluding hydrogens is 282 g/mol. The lowest BCUT2D eigenvalue weighted by Gasteiger charge is -2.33. The van der Waals surface area contributed by atoms with Gasteiger partial charge in [0.2, 0.25) is 5.91 Å². The molecule has 0 bridgehead atoms. The van der Waals surface area contributed by atoms with Crippen LogP contribution in [-0.4, -0.2) is 54.7 Å². The molecule has 1 saturated carbocycles. The molecule has 2 N–H and O–H groups in total. The van der Waals surface area contributed by atoms with Crippen molar-refractivity contribution in [2.24, 2.45) is 0 Å². The van der Waals surface area contributed by atoms with Crippen molar-refractivity contribution in [1.82, 2.24) is 15.5 Å². The van der Waals surface area contributed by atoms with Gasteiger partial charge < -0.3 is 20.3 Å². The van der Waals surface area contributed by atoms with Crippen LogP contribution >= 0.6 is 0 Å². The van der Waals surface area contributed by atoms with Crippen molar-refractivity contribution in [3.8, 4) is 0 Å². The van der Waals surface area contributed by atoms with E-state index >= 15 is 0 Å². The highest BCUT2D eigenvalue weighted by Gasteiger charge is 2.27. The van der Waals surface area contributed by atoms with Crippen LogP contribution in [0.5, 0.6) is 0 Å². The number of rotatable bonds is 4. The van der Waals surface area contributed by atoms with Gasteiger partial charge in [0, 0.05) is 26.2 Å². The van der Waals surface area contributed by atoms with Crippen LogP contribution < -0.4 is 10.6 Å². The molecule has 1 fully saturated rings. The molecule has 6 nitrogen and oxygen atoms in total. The Morgan fingerprint density at radius 2 is 1.77 bits per heavy atom. The topological polar surface area (TPSA) is 70.7 Å². The lowest BCUT2D eigenvalue weighted by Crippen LogP contribution is -2.50. The van der Waals surface area contributed by atoms with E-state index < -0.39 is 5.60 Å². The monoisotopic (exact) mass is 313 g/mol. The first-order valence-corrected chi connectivity index (χ1v) is 8.05. The number of carbonyl (C=O) groups is 2. The minimum Gasteiger partial charge on any atom is -0.444 e. The molecule has 1 aliphatic carbocycles. The number of likely N-dealkylation sites (N-methyl/N-ethyl adjacent to an activating group) is 1. The van der Waals surface area contributed by atoms with Crippen LogP contribution in [0, 0.1) is 0 Å². The summed E-state index contributed by atoms with van der Waals surface area (Å²) >= 11 is 0. The highest BCUT2D eigenvalue weighted by molar-refractivity contribution is 5.80. The van der Waals surface area contributed by atoms with Crippen molar-refractivity contribution in [2.45, 2.75) is 77.1 Å². The van der Waals surface area contributed by atoms with Gasteiger partial charge in [-0.3, -0.25) is 4.79 Å². The lowest BCUT2D eigenvalue weighted by molar-refractivity contribution is -0.130. The zero-order valence-electron chi connectivity index (χ0n) is 14.7. The summed E-state index contributed by atoms with van der Waals surface area (Å²) in [6.07, 6.45) is 3.46. The van der Waals surface area contributed by atoms with Crippen molar-refractivity contribution in [2.75, 3.05) is 14.1 Å². The summed E-state index contributed by atoms with van der Waals surface area (Å²) in [4.78, 5) is 25.3. The maximum Gasteiger partial charge on any atom is 0.407 e. The van der Waals surface area contributed by atoms with Crippen LogP contribution in [0.3, 0.4) is 0 Å². The Kier molecular flexibility index (Phi) is 6.66. The molecule has 0 aromatic heterocycles. The molecule has 1 aliphatic rings. The maximum atomic E-state index is 11.9. The minimum absolute atomic E-state index is 0.0715. The Labute approximate surface area is 134 Å². The van der Waals surface area contributed by atoms with Gasteiger partial charge in [-0.05, 0) is 53.4 Å². The highest BCUT2D eigenvalue weighted by Crippen LogP contribution is 2.20. The molecule has 0 aromatic rings. The van der Waals surface area contributed by atoms with E-state index in [1.54, 1.807) is 19.0 Å². The number of nitrogens with zero attached hydrogens (tertiary/aromatic N) is 1. The summed E-state index contributed by atoms with van der Waals surface area (Å²) in [6.45, 7) is 7.44. The van der Waals surface area contributed by atoms with E-state index in [2.05, 4.69) is 10.6 Å². The molecule has 0 aromatic carbocycles. The molecule has 22 heavy (non-hydrogen) atoms. The molecule has 0 heterocycles. The molecule has 128 valence electrons. The Morgan fingerprint density at radius 1 is 1.18 bits per heavy atom. The average Bonchev–Trinajstić information content (AvgIpc) is 2.35. The second kappa shape index (κ2) is 7.81. The summed E-state index contributed by atoms with van der Waals surface area (Å²) < 4.78 is 5.30. The number of hydrogen-bond acceptors (Lipinski definition) is 4. The molecule has 2 amide bonds. The molecule has 0 spiro atoms. The van der Waals surface area contributed by atoms with E-state index in [9.17, 15) is 9.59 Å². The predicted molar refractivity (Wildman–Crippen MR) is 86.7 cm³/mol. The van der Waals surface area contributed by atoms with Crippen molar-refractivity contribution in [3.05, 3.63) is 0 Å². The number of carbonyl (C=O) groups excluding carboxylic acids is 2. The number of alkyl carbamates (subject to hydrolysis) is 1.